The molecule has 0 spiro atoms. The molecular weight excluding hydrogens is 259 g/mol. The van der Waals surface area contributed by atoms with Crippen LogP contribution in [-0.2, 0) is 16.4 Å². The minimum atomic E-state index is -4.41. The van der Waals surface area contributed by atoms with E-state index in [1.807, 2.05) is 0 Å². The number of benzene rings is 1. The molecule has 0 aromatic heterocycles. The maximum atomic E-state index is 12.6. The summed E-state index contributed by atoms with van der Waals surface area (Å²) in [4.78, 5) is 10.7. The highest BCUT2D eigenvalue weighted by molar-refractivity contribution is 5.78. The van der Waals surface area contributed by atoms with E-state index in [1.165, 1.54) is 6.07 Å². The number of alkyl halides is 3. The number of halogens is 3. The van der Waals surface area contributed by atoms with Gasteiger partial charge in [-0.25, -0.2) is 0 Å². The van der Waals surface area contributed by atoms with Crippen LogP contribution in [0.1, 0.15) is 30.4 Å². The van der Waals surface area contributed by atoms with Crippen LogP contribution in [0.5, 0.6) is 0 Å². The van der Waals surface area contributed by atoms with Gasteiger partial charge in [0.05, 0.1) is 5.56 Å². The van der Waals surface area contributed by atoms with Crippen LogP contribution in [0.2, 0.25) is 0 Å². The molecule has 103 valence electrons. The molecule has 19 heavy (non-hydrogen) atoms. The van der Waals surface area contributed by atoms with E-state index in [1.54, 1.807) is 6.07 Å². The molecule has 1 radical (unpaired) electrons. The van der Waals surface area contributed by atoms with Gasteiger partial charge in [0.25, 0.3) is 5.91 Å². The Labute approximate surface area is 108 Å². The zero-order valence-electron chi connectivity index (χ0n) is 10.00. The fraction of sp³-hybridized carbons (Fsp3) is 0.462. The number of amides is 1. The average Bonchev–Trinajstić information content (AvgIpc) is 3.09. The molecule has 0 bridgehead atoms. The molecule has 2 N–H and O–H groups in total. The largest absolute Gasteiger partial charge is 0.416 e. The highest BCUT2D eigenvalue weighted by Crippen LogP contribution is 2.52. The first-order valence-electron chi connectivity index (χ1n) is 5.86. The molecule has 6 heteroatoms. The van der Waals surface area contributed by atoms with Crippen molar-refractivity contribution in [2.45, 2.75) is 37.0 Å². The van der Waals surface area contributed by atoms with Crippen LogP contribution >= 0.6 is 0 Å². The topological polar surface area (TPSA) is 61.1 Å². The monoisotopic (exact) mass is 272 g/mol. The van der Waals surface area contributed by atoms with Crippen LogP contribution in [0.4, 0.5) is 13.2 Å². The third-order valence-corrected chi connectivity index (χ3v) is 3.54. The zero-order valence-corrected chi connectivity index (χ0v) is 10.00. The molecule has 1 aromatic carbocycles. The van der Waals surface area contributed by atoms with Crippen molar-refractivity contribution < 1.29 is 23.1 Å². The van der Waals surface area contributed by atoms with E-state index < -0.39 is 29.2 Å². The van der Waals surface area contributed by atoms with Crippen LogP contribution in [0.3, 0.4) is 0 Å². The molecule has 1 unspecified atom stereocenters. The maximum absolute atomic E-state index is 12.6. The third-order valence-electron chi connectivity index (χ3n) is 3.54. The molecule has 2 rings (SSSR count). The molecule has 0 saturated heterocycles. The lowest BCUT2D eigenvalue weighted by Gasteiger charge is -2.19. The summed E-state index contributed by atoms with van der Waals surface area (Å²) >= 11 is 0. The lowest BCUT2D eigenvalue weighted by atomic mass is 9.88. The molecule has 1 fully saturated rings. The van der Waals surface area contributed by atoms with Crippen molar-refractivity contribution >= 4 is 5.91 Å². The Morgan fingerprint density at radius 3 is 2.53 bits per heavy atom. The van der Waals surface area contributed by atoms with Gasteiger partial charge in [0.2, 0.25) is 0 Å². The van der Waals surface area contributed by atoms with E-state index in [-0.39, 0.29) is 6.42 Å². The van der Waals surface area contributed by atoms with Gasteiger partial charge in [-0.1, -0.05) is 18.2 Å². The molecule has 1 atom stereocenters. The van der Waals surface area contributed by atoms with Gasteiger partial charge >= 0.3 is 6.18 Å². The summed E-state index contributed by atoms with van der Waals surface area (Å²) < 4.78 is 37.9. The van der Waals surface area contributed by atoms with Gasteiger partial charge in [-0.05, 0) is 36.3 Å². The summed E-state index contributed by atoms with van der Waals surface area (Å²) in [6.45, 7) is 0. The highest BCUT2D eigenvalue weighted by atomic mass is 19.4. The Morgan fingerprint density at radius 2 is 2.05 bits per heavy atom. The zero-order chi connectivity index (χ0) is 14.3. The van der Waals surface area contributed by atoms with Crippen molar-refractivity contribution in [1.82, 2.24) is 5.73 Å². The smallest absolute Gasteiger partial charge is 0.383 e. The van der Waals surface area contributed by atoms with E-state index in [0.717, 1.165) is 12.1 Å². The predicted molar refractivity (Wildman–Crippen MR) is 61.1 cm³/mol. The average molecular weight is 272 g/mol. The predicted octanol–water partition coefficient (Wildman–Crippen LogP) is 2.30. The van der Waals surface area contributed by atoms with Crippen molar-refractivity contribution in [1.29, 1.82) is 0 Å². The number of aliphatic hydroxyl groups excluding tert-OH is 1. The Balaban J connectivity index is 2.25. The second kappa shape index (κ2) is 4.52. The van der Waals surface area contributed by atoms with E-state index in [2.05, 4.69) is 0 Å². The molecule has 1 amide bonds. The van der Waals surface area contributed by atoms with Gasteiger partial charge in [0.15, 0.2) is 0 Å². The molecule has 0 aliphatic heterocycles. The molecule has 1 aliphatic carbocycles. The molecular formula is C13H13F3NO2. The van der Waals surface area contributed by atoms with Crippen LogP contribution < -0.4 is 5.73 Å². The molecule has 1 aliphatic rings. The van der Waals surface area contributed by atoms with Gasteiger partial charge in [0.1, 0.15) is 6.10 Å². The van der Waals surface area contributed by atoms with E-state index in [0.29, 0.717) is 18.4 Å². The quantitative estimate of drug-likeness (QED) is 0.914. The molecule has 1 aromatic rings. The first-order chi connectivity index (χ1) is 8.74. The van der Waals surface area contributed by atoms with E-state index in [4.69, 9.17) is 5.73 Å². The number of hydrogen-bond donors (Lipinski definition) is 1. The number of carbonyl (C=O) groups is 1. The first kappa shape index (κ1) is 13.9. The SMILES string of the molecule is [NH]C(=O)C(O)CC1(c2cccc(C(F)(F)F)c2)CC1. The number of aliphatic hydroxyl groups is 1. The van der Waals surface area contributed by atoms with Crippen LogP contribution in [0.25, 0.3) is 0 Å². The summed E-state index contributed by atoms with van der Waals surface area (Å²) in [6.07, 6.45) is -4.58. The Morgan fingerprint density at radius 1 is 1.42 bits per heavy atom. The minimum absolute atomic E-state index is 0.0106. The summed E-state index contributed by atoms with van der Waals surface area (Å²) in [6, 6.07) is 4.95. The van der Waals surface area contributed by atoms with Gasteiger partial charge < -0.3 is 5.11 Å². The van der Waals surface area contributed by atoms with Crippen molar-refractivity contribution in [3.63, 3.8) is 0 Å². The molecule has 0 heterocycles. The van der Waals surface area contributed by atoms with Gasteiger partial charge in [-0.15, -0.1) is 0 Å². The second-order valence-corrected chi connectivity index (χ2v) is 4.94. The fourth-order valence-corrected chi connectivity index (χ4v) is 2.25. The number of hydrogen-bond acceptors (Lipinski definition) is 2. The van der Waals surface area contributed by atoms with Crippen molar-refractivity contribution in [3.05, 3.63) is 35.4 Å². The van der Waals surface area contributed by atoms with Crippen molar-refractivity contribution in [2.75, 3.05) is 0 Å². The van der Waals surface area contributed by atoms with Gasteiger partial charge in [-0.2, -0.15) is 13.2 Å². The summed E-state index contributed by atoms with van der Waals surface area (Å²) in [5, 5.41) is 9.43. The van der Waals surface area contributed by atoms with Gasteiger partial charge in [0, 0.05) is 0 Å². The number of nitrogens with one attached hydrogen (secondary N) is 1. The molecule has 3 nitrogen and oxygen atoms in total. The highest BCUT2D eigenvalue weighted by Gasteiger charge is 2.47. The minimum Gasteiger partial charge on any atom is -0.383 e. The standard InChI is InChI=1S/C13H13F3NO2/c14-13(15,16)9-3-1-2-8(6-9)12(4-5-12)7-10(18)11(17)19/h1-3,6,10,17-18H,4-5,7H2. The fourth-order valence-electron chi connectivity index (χ4n) is 2.25. The Bertz CT molecular complexity index is 495. The maximum Gasteiger partial charge on any atom is 0.416 e. The first-order valence-corrected chi connectivity index (χ1v) is 5.86. The lowest BCUT2D eigenvalue weighted by Crippen LogP contribution is -2.26. The third kappa shape index (κ3) is 2.89. The van der Waals surface area contributed by atoms with Crippen LogP contribution in [0.15, 0.2) is 24.3 Å². The summed E-state index contributed by atoms with van der Waals surface area (Å²) in [5.74, 6) is -1.10. The van der Waals surface area contributed by atoms with E-state index >= 15 is 0 Å². The Kier molecular flexibility index (Phi) is 3.30. The number of rotatable bonds is 4. The van der Waals surface area contributed by atoms with Crippen molar-refractivity contribution in [3.8, 4) is 0 Å². The summed E-state index contributed by atoms with van der Waals surface area (Å²) in [7, 11) is 0. The molecule has 1 saturated carbocycles. The van der Waals surface area contributed by atoms with Crippen LogP contribution in [0, 0.1) is 0 Å². The van der Waals surface area contributed by atoms with Crippen LogP contribution in [-0.4, -0.2) is 17.1 Å². The Hall–Kier alpha value is -1.56. The summed E-state index contributed by atoms with van der Waals surface area (Å²) in [5.41, 5.74) is 5.98. The number of carbonyl (C=O) groups excluding carboxylic acids is 1. The van der Waals surface area contributed by atoms with Crippen molar-refractivity contribution in [2.24, 2.45) is 0 Å². The lowest BCUT2D eigenvalue weighted by molar-refractivity contribution is -0.137. The normalized spacial score (nSPS) is 18.9. The van der Waals surface area contributed by atoms with E-state index in [9.17, 15) is 23.1 Å². The van der Waals surface area contributed by atoms with Gasteiger partial charge in [-0.3, -0.25) is 10.5 Å². The second-order valence-electron chi connectivity index (χ2n) is 4.94.